The predicted molar refractivity (Wildman–Crippen MR) is 119 cm³/mol. The van der Waals surface area contributed by atoms with E-state index in [2.05, 4.69) is 5.32 Å². The highest BCUT2D eigenvalue weighted by atomic mass is 32.1. The number of aromatic nitrogens is 1. The normalized spacial score (nSPS) is 13.4. The molecule has 0 radical (unpaired) electrons. The van der Waals surface area contributed by atoms with E-state index in [0.717, 1.165) is 16.8 Å². The first-order valence-corrected chi connectivity index (χ1v) is 10.1. The summed E-state index contributed by atoms with van der Waals surface area (Å²) in [5.41, 5.74) is 3.78. The van der Waals surface area contributed by atoms with Gasteiger partial charge in [-0.05, 0) is 55.0 Å². The Kier molecular flexibility index (Phi) is 5.68. The first-order valence-electron chi connectivity index (χ1n) is 9.69. The molecule has 0 atom stereocenters. The number of nitrogens with one attached hydrogen (secondary N) is 1. The number of hydrogen-bond acceptors (Lipinski definition) is 4. The van der Waals surface area contributed by atoms with Crippen molar-refractivity contribution in [1.29, 1.82) is 0 Å². The van der Waals surface area contributed by atoms with Crippen LogP contribution >= 0.6 is 12.2 Å². The first-order chi connectivity index (χ1) is 14.5. The third kappa shape index (κ3) is 4.14. The largest absolute Gasteiger partial charge is 0.867 e. The summed E-state index contributed by atoms with van der Waals surface area (Å²) in [6.45, 7) is 4.93. The average molecular weight is 419 g/mol. The molecule has 0 spiro atoms. The maximum absolute atomic E-state index is 13.6. The van der Waals surface area contributed by atoms with Crippen LogP contribution in [0.25, 0.3) is 11.5 Å². The van der Waals surface area contributed by atoms with Crippen LogP contribution in [0.5, 0.6) is 11.5 Å². The van der Waals surface area contributed by atoms with Crippen molar-refractivity contribution < 1.29 is 19.1 Å². The maximum atomic E-state index is 13.6. The van der Waals surface area contributed by atoms with Gasteiger partial charge in [0, 0.05) is 17.3 Å². The lowest BCUT2D eigenvalue weighted by Crippen LogP contribution is -2.40. The molecule has 1 aliphatic rings. The number of thiocarbonyl (C=S) groups is 1. The number of anilines is 1. The summed E-state index contributed by atoms with van der Waals surface area (Å²) in [5, 5.41) is 16.8. The number of para-hydroxylation sites is 1. The average Bonchev–Trinajstić information content (AvgIpc) is 2.75. The van der Waals surface area contributed by atoms with Gasteiger partial charge in [0.2, 0.25) is 5.70 Å². The van der Waals surface area contributed by atoms with E-state index in [1.54, 1.807) is 22.8 Å². The lowest BCUT2D eigenvalue weighted by Gasteiger charge is -2.21. The topological polar surface area (TPSA) is 57.4 Å². The molecule has 3 aromatic rings. The quantitative estimate of drug-likeness (QED) is 0.304. The fourth-order valence-electron chi connectivity index (χ4n) is 3.29. The summed E-state index contributed by atoms with van der Waals surface area (Å²) in [4.78, 5) is 0.347. The van der Waals surface area contributed by atoms with Crippen molar-refractivity contribution in [2.45, 2.75) is 13.8 Å². The van der Waals surface area contributed by atoms with Crippen LogP contribution in [0.2, 0.25) is 0 Å². The first kappa shape index (κ1) is 19.9. The second-order valence-electron chi connectivity index (χ2n) is 7.09. The van der Waals surface area contributed by atoms with Crippen LogP contribution in [0, 0.1) is 13.8 Å². The van der Waals surface area contributed by atoms with Crippen molar-refractivity contribution in [3.8, 4) is 11.5 Å². The van der Waals surface area contributed by atoms with E-state index >= 15 is 0 Å². The van der Waals surface area contributed by atoms with E-state index in [1.165, 1.54) is 0 Å². The Balaban J connectivity index is 1.80. The number of hydrogen-bond donors (Lipinski definition) is 1. The Labute approximate surface area is 181 Å². The number of pyridine rings is 1. The summed E-state index contributed by atoms with van der Waals surface area (Å²) in [6, 6.07) is 16.9. The van der Waals surface area contributed by atoms with E-state index in [4.69, 9.17) is 21.7 Å². The molecule has 4 rings (SSSR count). The summed E-state index contributed by atoms with van der Waals surface area (Å²) in [6.07, 6.45) is 3.71. The minimum Gasteiger partial charge on any atom is -0.867 e. The highest BCUT2D eigenvalue weighted by molar-refractivity contribution is 7.81. The van der Waals surface area contributed by atoms with E-state index in [1.807, 2.05) is 62.6 Å². The molecule has 0 bridgehead atoms. The number of fused-ring (bicyclic) bond motifs is 1. The zero-order valence-corrected chi connectivity index (χ0v) is 17.7. The molecule has 0 unspecified atom stereocenters. The minimum absolute atomic E-state index is 0.200. The monoisotopic (exact) mass is 418 g/mol. The van der Waals surface area contributed by atoms with Crippen molar-refractivity contribution in [3.05, 3.63) is 83.7 Å². The van der Waals surface area contributed by atoms with Crippen LogP contribution in [-0.2, 0) is 0 Å². The summed E-state index contributed by atoms with van der Waals surface area (Å²) in [7, 11) is 0. The molecule has 1 aromatic heterocycles. The second-order valence-corrected chi connectivity index (χ2v) is 7.50. The molecular formula is C24H22N2O3S. The van der Waals surface area contributed by atoms with Gasteiger partial charge in [0.25, 0.3) is 0 Å². The molecule has 30 heavy (non-hydrogen) atoms. The van der Waals surface area contributed by atoms with Gasteiger partial charge in [0.05, 0.1) is 0 Å². The van der Waals surface area contributed by atoms with Gasteiger partial charge in [0.1, 0.15) is 13.2 Å². The molecule has 0 fully saturated rings. The van der Waals surface area contributed by atoms with Gasteiger partial charge >= 0.3 is 0 Å². The zero-order chi connectivity index (χ0) is 21.1. The third-order valence-electron chi connectivity index (χ3n) is 4.83. The number of rotatable bonds is 4. The summed E-state index contributed by atoms with van der Waals surface area (Å²) in [5.74, 6) is 1.01. The zero-order valence-electron chi connectivity index (χ0n) is 16.8. The molecular weight excluding hydrogens is 396 g/mol. The molecule has 1 N–H and O–H groups in total. The number of ether oxygens (including phenoxy) is 2. The summed E-state index contributed by atoms with van der Waals surface area (Å²) < 4.78 is 13.0. The van der Waals surface area contributed by atoms with E-state index in [9.17, 15) is 5.11 Å². The Morgan fingerprint density at radius 2 is 1.77 bits per heavy atom. The second kappa shape index (κ2) is 8.55. The smallest absolute Gasteiger partial charge is 0.238 e. The SMILES string of the molecule is Cc1ccc[n+](C(C(=S)Nc2ccccc2C)=C([O-])c2ccc3c(c2)OCCO3)c1. The molecule has 0 saturated heterocycles. The Bertz CT molecular complexity index is 1140. The highest BCUT2D eigenvalue weighted by Gasteiger charge is 2.21. The molecule has 2 aromatic carbocycles. The lowest BCUT2D eigenvalue weighted by molar-refractivity contribution is -0.578. The Morgan fingerprint density at radius 1 is 1.00 bits per heavy atom. The minimum atomic E-state index is -0.200. The molecule has 2 heterocycles. The molecule has 6 heteroatoms. The Morgan fingerprint density at radius 3 is 2.53 bits per heavy atom. The maximum Gasteiger partial charge on any atom is 0.238 e. The lowest BCUT2D eigenvalue weighted by atomic mass is 10.1. The molecule has 152 valence electrons. The highest BCUT2D eigenvalue weighted by Crippen LogP contribution is 2.32. The van der Waals surface area contributed by atoms with E-state index < -0.39 is 0 Å². The van der Waals surface area contributed by atoms with Crippen molar-refractivity contribution in [2.24, 2.45) is 0 Å². The van der Waals surface area contributed by atoms with Crippen molar-refractivity contribution in [1.82, 2.24) is 0 Å². The van der Waals surface area contributed by atoms with Crippen LogP contribution in [0.1, 0.15) is 16.7 Å². The van der Waals surface area contributed by atoms with Gasteiger partial charge in [0.15, 0.2) is 28.9 Å². The van der Waals surface area contributed by atoms with Gasteiger partial charge in [-0.15, -0.1) is 0 Å². The van der Waals surface area contributed by atoms with Crippen LogP contribution in [0.3, 0.4) is 0 Å². The summed E-state index contributed by atoms with van der Waals surface area (Å²) >= 11 is 5.69. The van der Waals surface area contributed by atoms with Gasteiger partial charge in [-0.3, -0.25) is 0 Å². The van der Waals surface area contributed by atoms with Crippen LogP contribution in [-0.4, -0.2) is 18.2 Å². The van der Waals surface area contributed by atoms with Crippen molar-refractivity contribution in [2.75, 3.05) is 18.5 Å². The van der Waals surface area contributed by atoms with Gasteiger partial charge in [-0.1, -0.05) is 36.5 Å². The van der Waals surface area contributed by atoms with Gasteiger partial charge < -0.3 is 19.9 Å². The van der Waals surface area contributed by atoms with Crippen LogP contribution in [0.15, 0.2) is 67.0 Å². The number of benzene rings is 2. The fraction of sp³-hybridized carbons (Fsp3) is 0.167. The predicted octanol–water partition coefficient (Wildman–Crippen LogP) is 3.49. The van der Waals surface area contributed by atoms with Crippen molar-refractivity contribution in [3.63, 3.8) is 0 Å². The molecule has 1 aliphatic heterocycles. The fourth-order valence-corrected chi connectivity index (χ4v) is 3.59. The van der Waals surface area contributed by atoms with Gasteiger partial charge in [-0.25, -0.2) is 0 Å². The standard InChI is InChI=1S/C24H22N2O3S/c1-16-6-5-11-26(15-16)22(24(30)25-19-8-4-3-7-17(19)2)23(27)18-9-10-20-21(14-18)29-13-12-28-20/h3-11,14-15H,12-13H2,1-2H3,(H-,25,27,30). The van der Waals surface area contributed by atoms with Crippen molar-refractivity contribution >= 4 is 34.3 Å². The van der Waals surface area contributed by atoms with Crippen LogP contribution in [0.4, 0.5) is 5.69 Å². The molecule has 0 aliphatic carbocycles. The number of nitrogens with zero attached hydrogens (tertiary/aromatic N) is 1. The Hall–Kier alpha value is -3.38. The molecule has 0 saturated carbocycles. The van der Waals surface area contributed by atoms with Crippen LogP contribution < -0.4 is 24.5 Å². The molecule has 0 amide bonds. The third-order valence-corrected chi connectivity index (χ3v) is 5.13. The van der Waals surface area contributed by atoms with E-state index in [0.29, 0.717) is 41.0 Å². The van der Waals surface area contributed by atoms with E-state index in [-0.39, 0.29) is 5.76 Å². The number of aryl methyl sites for hydroxylation is 2. The molecule has 5 nitrogen and oxygen atoms in total. The van der Waals surface area contributed by atoms with Gasteiger partial charge in [-0.2, -0.15) is 4.57 Å².